The number of ether oxygens (including phenoxy) is 1. The maximum absolute atomic E-state index is 12.2. The molecule has 1 aliphatic rings. The summed E-state index contributed by atoms with van der Waals surface area (Å²) in [6.07, 6.45) is 5.24. The molecule has 7 heteroatoms. The molecule has 0 bridgehead atoms. The van der Waals surface area contributed by atoms with Gasteiger partial charge in [-0.25, -0.2) is 9.97 Å². The number of nitrogen functional groups attached to an aromatic ring is 1. The predicted molar refractivity (Wildman–Crippen MR) is 92.8 cm³/mol. The van der Waals surface area contributed by atoms with Crippen molar-refractivity contribution in [3.05, 3.63) is 12.3 Å². The van der Waals surface area contributed by atoms with Crippen LogP contribution < -0.4 is 15.8 Å². The number of pyridine rings is 1. The molecule has 1 aliphatic carbocycles. The van der Waals surface area contributed by atoms with E-state index in [2.05, 4.69) is 19.9 Å². The van der Waals surface area contributed by atoms with Gasteiger partial charge >= 0.3 is 0 Å². The van der Waals surface area contributed by atoms with Crippen molar-refractivity contribution in [2.45, 2.75) is 51.6 Å². The van der Waals surface area contributed by atoms with Gasteiger partial charge in [-0.05, 0) is 39.5 Å². The van der Waals surface area contributed by atoms with E-state index < -0.39 is 0 Å². The predicted octanol–water partition coefficient (Wildman–Crippen LogP) is 2.28. The molecule has 0 unspecified atom stereocenters. The maximum Gasteiger partial charge on any atom is 0.223 e. The third-order valence-electron chi connectivity index (χ3n) is 4.65. The van der Waals surface area contributed by atoms with Crippen LogP contribution in [0.25, 0.3) is 11.0 Å². The summed E-state index contributed by atoms with van der Waals surface area (Å²) in [5.41, 5.74) is 7.85. The van der Waals surface area contributed by atoms with E-state index in [1.54, 1.807) is 13.3 Å². The standard InChI is InChI=1S/C17H25N5O2/c1-10(2)20-16(23)11-4-6-12(7-5-11)22-14-8-15(24-3)19-9-13(14)21-17(22)18/h8-12H,4-7H2,1-3H3,(H2,18,21)(H,20,23). The van der Waals surface area contributed by atoms with Gasteiger partial charge in [0.1, 0.15) is 5.52 Å². The smallest absolute Gasteiger partial charge is 0.223 e. The van der Waals surface area contributed by atoms with Gasteiger partial charge in [0.15, 0.2) is 0 Å². The lowest BCUT2D eigenvalue weighted by Crippen LogP contribution is -2.37. The molecule has 2 aromatic heterocycles. The Bertz CT molecular complexity index is 732. The molecule has 0 aromatic carbocycles. The van der Waals surface area contributed by atoms with E-state index in [0.29, 0.717) is 11.8 Å². The minimum absolute atomic E-state index is 0.0934. The SMILES string of the molecule is COc1cc2c(cn1)nc(N)n2C1CCC(C(=O)NC(C)C)CC1. The maximum atomic E-state index is 12.2. The average Bonchev–Trinajstić information content (AvgIpc) is 2.89. The van der Waals surface area contributed by atoms with Crippen LogP contribution in [0.3, 0.4) is 0 Å². The number of hydrogen-bond donors (Lipinski definition) is 2. The third kappa shape index (κ3) is 3.16. The second-order valence-electron chi connectivity index (χ2n) is 6.72. The summed E-state index contributed by atoms with van der Waals surface area (Å²) in [6.45, 7) is 3.98. The number of fused-ring (bicyclic) bond motifs is 1. The van der Waals surface area contributed by atoms with Gasteiger partial charge < -0.3 is 20.4 Å². The van der Waals surface area contributed by atoms with Crippen LogP contribution in [-0.4, -0.2) is 33.6 Å². The van der Waals surface area contributed by atoms with E-state index in [0.717, 1.165) is 36.7 Å². The minimum atomic E-state index is 0.0934. The van der Waals surface area contributed by atoms with Gasteiger partial charge in [-0.3, -0.25) is 4.79 Å². The van der Waals surface area contributed by atoms with Crippen LogP contribution in [0.1, 0.15) is 45.6 Å². The summed E-state index contributed by atoms with van der Waals surface area (Å²) >= 11 is 0. The van der Waals surface area contributed by atoms with Crippen molar-refractivity contribution in [2.75, 3.05) is 12.8 Å². The number of hydrogen-bond acceptors (Lipinski definition) is 5. The number of carbonyl (C=O) groups excluding carboxylic acids is 1. The molecule has 0 atom stereocenters. The lowest BCUT2D eigenvalue weighted by Gasteiger charge is -2.30. The van der Waals surface area contributed by atoms with Crippen LogP contribution in [0, 0.1) is 5.92 Å². The van der Waals surface area contributed by atoms with E-state index in [4.69, 9.17) is 10.5 Å². The Labute approximate surface area is 141 Å². The van der Waals surface area contributed by atoms with Crippen LogP contribution in [0.15, 0.2) is 12.3 Å². The highest BCUT2D eigenvalue weighted by Gasteiger charge is 2.29. The molecular weight excluding hydrogens is 306 g/mol. The van der Waals surface area contributed by atoms with Crippen molar-refractivity contribution in [1.82, 2.24) is 19.9 Å². The summed E-state index contributed by atoms with van der Waals surface area (Å²) in [5.74, 6) is 1.30. The second-order valence-corrected chi connectivity index (χ2v) is 6.72. The number of methoxy groups -OCH3 is 1. The summed E-state index contributed by atoms with van der Waals surface area (Å²) in [4.78, 5) is 20.8. The van der Waals surface area contributed by atoms with Gasteiger partial charge in [0.25, 0.3) is 0 Å². The topological polar surface area (TPSA) is 95.1 Å². The number of anilines is 1. The molecular formula is C17H25N5O2. The minimum Gasteiger partial charge on any atom is -0.481 e. The Morgan fingerprint density at radius 1 is 1.38 bits per heavy atom. The van der Waals surface area contributed by atoms with Crippen LogP contribution in [-0.2, 0) is 4.79 Å². The monoisotopic (exact) mass is 331 g/mol. The molecule has 1 saturated carbocycles. The van der Waals surface area contributed by atoms with Crippen LogP contribution >= 0.6 is 0 Å². The zero-order valence-electron chi connectivity index (χ0n) is 14.5. The van der Waals surface area contributed by atoms with Gasteiger partial charge in [0.2, 0.25) is 17.7 Å². The first-order valence-corrected chi connectivity index (χ1v) is 8.47. The largest absolute Gasteiger partial charge is 0.481 e. The van der Waals surface area contributed by atoms with Crippen molar-refractivity contribution in [1.29, 1.82) is 0 Å². The number of nitrogens with two attached hydrogens (primary N) is 1. The lowest BCUT2D eigenvalue weighted by atomic mass is 9.85. The molecule has 2 heterocycles. The Morgan fingerprint density at radius 2 is 2.08 bits per heavy atom. The fourth-order valence-corrected chi connectivity index (χ4v) is 3.49. The number of amides is 1. The molecule has 1 fully saturated rings. The number of carbonyl (C=O) groups is 1. The van der Waals surface area contributed by atoms with Crippen LogP contribution in [0.4, 0.5) is 5.95 Å². The van der Waals surface area contributed by atoms with E-state index in [-0.39, 0.29) is 23.9 Å². The first kappa shape index (κ1) is 16.5. The summed E-state index contributed by atoms with van der Waals surface area (Å²) in [5, 5.41) is 3.01. The van der Waals surface area contributed by atoms with E-state index in [1.807, 2.05) is 19.9 Å². The van der Waals surface area contributed by atoms with Crippen molar-refractivity contribution in [3.8, 4) is 5.88 Å². The number of rotatable bonds is 4. The molecule has 24 heavy (non-hydrogen) atoms. The highest BCUT2D eigenvalue weighted by molar-refractivity contribution is 5.79. The zero-order valence-corrected chi connectivity index (χ0v) is 14.5. The molecule has 0 radical (unpaired) electrons. The fraction of sp³-hybridized carbons (Fsp3) is 0.588. The molecule has 7 nitrogen and oxygen atoms in total. The second kappa shape index (κ2) is 6.67. The molecule has 1 amide bonds. The molecule has 2 aromatic rings. The molecule has 0 saturated heterocycles. The fourth-order valence-electron chi connectivity index (χ4n) is 3.49. The molecule has 0 spiro atoms. The molecule has 0 aliphatic heterocycles. The average molecular weight is 331 g/mol. The number of nitrogens with one attached hydrogen (secondary N) is 1. The molecule has 3 rings (SSSR count). The Balaban J connectivity index is 1.78. The van der Waals surface area contributed by atoms with E-state index in [9.17, 15) is 4.79 Å². The van der Waals surface area contributed by atoms with Crippen LogP contribution in [0.5, 0.6) is 5.88 Å². The van der Waals surface area contributed by atoms with Crippen LogP contribution in [0.2, 0.25) is 0 Å². The first-order chi connectivity index (χ1) is 11.5. The Kier molecular flexibility index (Phi) is 4.59. The number of imidazole rings is 1. The molecule has 130 valence electrons. The zero-order chi connectivity index (χ0) is 17.3. The number of aromatic nitrogens is 3. The summed E-state index contributed by atoms with van der Waals surface area (Å²) < 4.78 is 7.28. The highest BCUT2D eigenvalue weighted by atomic mass is 16.5. The van der Waals surface area contributed by atoms with Gasteiger partial charge in [0.05, 0.1) is 18.8 Å². The van der Waals surface area contributed by atoms with Crippen molar-refractivity contribution < 1.29 is 9.53 Å². The van der Waals surface area contributed by atoms with Gasteiger partial charge in [-0.15, -0.1) is 0 Å². The quantitative estimate of drug-likeness (QED) is 0.896. The van der Waals surface area contributed by atoms with Gasteiger partial charge in [-0.1, -0.05) is 0 Å². The van der Waals surface area contributed by atoms with Crippen molar-refractivity contribution in [2.24, 2.45) is 5.92 Å². The molecule has 3 N–H and O–H groups in total. The first-order valence-electron chi connectivity index (χ1n) is 8.47. The summed E-state index contributed by atoms with van der Waals surface area (Å²) in [6, 6.07) is 2.31. The Hall–Kier alpha value is -2.31. The normalized spacial score (nSPS) is 21.2. The van der Waals surface area contributed by atoms with Gasteiger partial charge in [-0.2, -0.15) is 0 Å². The van der Waals surface area contributed by atoms with Crippen molar-refractivity contribution in [3.63, 3.8) is 0 Å². The number of nitrogens with zero attached hydrogens (tertiary/aromatic N) is 3. The van der Waals surface area contributed by atoms with Gasteiger partial charge in [0, 0.05) is 24.1 Å². The highest BCUT2D eigenvalue weighted by Crippen LogP contribution is 2.36. The van der Waals surface area contributed by atoms with Crippen molar-refractivity contribution >= 4 is 22.9 Å². The third-order valence-corrected chi connectivity index (χ3v) is 4.65. The summed E-state index contributed by atoms with van der Waals surface area (Å²) in [7, 11) is 1.59. The van der Waals surface area contributed by atoms with E-state index >= 15 is 0 Å². The van der Waals surface area contributed by atoms with E-state index in [1.165, 1.54) is 0 Å². The lowest BCUT2D eigenvalue weighted by molar-refractivity contribution is -0.126. The Morgan fingerprint density at radius 3 is 2.71 bits per heavy atom.